The number of rotatable bonds is 6. The van der Waals surface area contributed by atoms with E-state index in [1.54, 1.807) is 24.3 Å². The predicted molar refractivity (Wildman–Crippen MR) is 106 cm³/mol. The van der Waals surface area contributed by atoms with Crippen molar-refractivity contribution < 1.29 is 9.59 Å². The van der Waals surface area contributed by atoms with Crippen LogP contribution in [0.15, 0.2) is 53.9 Å². The van der Waals surface area contributed by atoms with Gasteiger partial charge in [-0.25, -0.2) is 4.98 Å². The average molecular weight is 381 g/mol. The van der Waals surface area contributed by atoms with Gasteiger partial charge in [0.15, 0.2) is 5.16 Å². The summed E-state index contributed by atoms with van der Waals surface area (Å²) in [6.45, 7) is 3.97. The third kappa shape index (κ3) is 5.42. The first kappa shape index (κ1) is 18.7. The normalized spacial score (nSPS) is 10.4. The highest BCUT2D eigenvalue weighted by Gasteiger charge is 2.09. The molecule has 0 radical (unpaired) electrons. The van der Waals surface area contributed by atoms with Crippen LogP contribution in [0.25, 0.3) is 0 Å². The quantitative estimate of drug-likeness (QED) is 0.568. The van der Waals surface area contributed by atoms with Crippen molar-refractivity contribution in [3.8, 4) is 0 Å². The first-order valence-electron chi connectivity index (χ1n) is 8.27. The van der Waals surface area contributed by atoms with Crippen LogP contribution < -0.4 is 10.6 Å². The Morgan fingerprint density at radius 1 is 1.00 bits per heavy atom. The third-order valence-corrected chi connectivity index (χ3v) is 4.52. The van der Waals surface area contributed by atoms with Crippen molar-refractivity contribution in [3.63, 3.8) is 0 Å². The summed E-state index contributed by atoms with van der Waals surface area (Å²) in [7, 11) is 0. The molecule has 0 unspecified atom stereocenters. The van der Waals surface area contributed by atoms with Gasteiger partial charge >= 0.3 is 0 Å². The minimum absolute atomic E-state index is 0.163. The highest BCUT2D eigenvalue weighted by molar-refractivity contribution is 7.99. The molecule has 3 N–H and O–H groups in total. The number of amides is 2. The zero-order valence-corrected chi connectivity index (χ0v) is 15.8. The van der Waals surface area contributed by atoms with E-state index in [1.165, 1.54) is 18.1 Å². The van der Waals surface area contributed by atoms with Crippen molar-refractivity contribution in [2.45, 2.75) is 19.0 Å². The van der Waals surface area contributed by atoms with Gasteiger partial charge in [0.1, 0.15) is 6.33 Å². The van der Waals surface area contributed by atoms with Crippen molar-refractivity contribution in [2.75, 3.05) is 16.4 Å². The minimum atomic E-state index is -0.196. The van der Waals surface area contributed by atoms with E-state index in [0.717, 1.165) is 16.8 Å². The van der Waals surface area contributed by atoms with Gasteiger partial charge in [0.2, 0.25) is 5.91 Å². The maximum absolute atomic E-state index is 12.4. The highest BCUT2D eigenvalue weighted by Crippen LogP contribution is 2.17. The predicted octanol–water partition coefficient (Wildman–Crippen LogP) is 3.40. The number of aromatic nitrogens is 3. The van der Waals surface area contributed by atoms with Crippen LogP contribution in [0.2, 0.25) is 0 Å². The highest BCUT2D eigenvalue weighted by atomic mass is 32.2. The molecular formula is C19H19N5O2S. The summed E-state index contributed by atoms with van der Waals surface area (Å²) in [5.74, 6) is -0.146. The Labute approximate surface area is 161 Å². The number of aromatic amines is 1. The van der Waals surface area contributed by atoms with Crippen molar-refractivity contribution in [3.05, 3.63) is 65.5 Å². The smallest absolute Gasteiger partial charge is 0.255 e. The van der Waals surface area contributed by atoms with Crippen LogP contribution in [0.1, 0.15) is 21.5 Å². The van der Waals surface area contributed by atoms with E-state index in [4.69, 9.17) is 0 Å². The van der Waals surface area contributed by atoms with Gasteiger partial charge in [-0.15, -0.1) is 0 Å². The van der Waals surface area contributed by atoms with Crippen LogP contribution in [-0.2, 0) is 4.79 Å². The Hall–Kier alpha value is -3.13. The van der Waals surface area contributed by atoms with Gasteiger partial charge in [-0.2, -0.15) is 5.10 Å². The molecule has 0 aliphatic rings. The van der Waals surface area contributed by atoms with Crippen LogP contribution in [0.3, 0.4) is 0 Å². The van der Waals surface area contributed by atoms with Crippen LogP contribution in [0.4, 0.5) is 11.4 Å². The minimum Gasteiger partial charge on any atom is -0.325 e. The molecule has 3 aromatic rings. The Bertz CT molecular complexity index is 919. The molecular weight excluding hydrogens is 362 g/mol. The molecule has 1 heterocycles. The number of H-pyrrole nitrogens is 1. The number of benzene rings is 2. The fourth-order valence-corrected chi connectivity index (χ4v) is 3.13. The van der Waals surface area contributed by atoms with Crippen molar-refractivity contribution in [1.29, 1.82) is 0 Å². The summed E-state index contributed by atoms with van der Waals surface area (Å²) in [6.07, 6.45) is 1.39. The monoisotopic (exact) mass is 381 g/mol. The van der Waals surface area contributed by atoms with Gasteiger partial charge < -0.3 is 10.6 Å². The summed E-state index contributed by atoms with van der Waals surface area (Å²) in [5.41, 5.74) is 4.08. The first-order chi connectivity index (χ1) is 13.0. The molecule has 0 spiro atoms. The van der Waals surface area contributed by atoms with E-state index in [2.05, 4.69) is 25.8 Å². The van der Waals surface area contributed by atoms with Gasteiger partial charge in [0.05, 0.1) is 5.75 Å². The summed E-state index contributed by atoms with van der Waals surface area (Å²) in [6, 6.07) is 12.7. The maximum Gasteiger partial charge on any atom is 0.255 e. The van der Waals surface area contributed by atoms with Gasteiger partial charge in [0, 0.05) is 16.9 Å². The van der Waals surface area contributed by atoms with Crippen LogP contribution >= 0.6 is 11.8 Å². The van der Waals surface area contributed by atoms with Crippen molar-refractivity contribution in [1.82, 2.24) is 15.2 Å². The number of nitrogens with zero attached hydrogens (tertiary/aromatic N) is 2. The molecule has 8 heteroatoms. The van der Waals surface area contributed by atoms with Crippen molar-refractivity contribution >= 4 is 35.0 Å². The SMILES string of the molecule is Cc1cc(C)cc(NC(=O)c2ccc(NC(=O)CSc3ncn[nH]3)cc2)c1. The molecule has 0 atom stereocenters. The average Bonchev–Trinajstić information content (AvgIpc) is 3.13. The number of hydrogen-bond acceptors (Lipinski definition) is 5. The van der Waals surface area contributed by atoms with Gasteiger partial charge in [-0.3, -0.25) is 14.7 Å². The number of aryl methyl sites for hydroxylation is 2. The number of carbonyl (C=O) groups is 2. The zero-order chi connectivity index (χ0) is 19.2. The standard InChI is InChI=1S/C19H19N5O2S/c1-12-7-13(2)9-16(8-12)23-18(26)14-3-5-15(6-4-14)22-17(25)10-27-19-20-11-21-24-19/h3-9,11H,10H2,1-2H3,(H,22,25)(H,23,26)(H,20,21,24). The summed E-state index contributed by atoms with van der Waals surface area (Å²) in [4.78, 5) is 28.3. The number of carbonyl (C=O) groups excluding carboxylic acids is 2. The molecule has 3 rings (SSSR count). The maximum atomic E-state index is 12.4. The third-order valence-electron chi connectivity index (χ3n) is 3.64. The Morgan fingerprint density at radius 2 is 1.70 bits per heavy atom. The lowest BCUT2D eigenvalue weighted by molar-refractivity contribution is -0.113. The molecule has 0 saturated carbocycles. The Balaban J connectivity index is 1.55. The summed E-state index contributed by atoms with van der Waals surface area (Å²) < 4.78 is 0. The Morgan fingerprint density at radius 3 is 2.33 bits per heavy atom. The lowest BCUT2D eigenvalue weighted by Gasteiger charge is -2.09. The topological polar surface area (TPSA) is 99.8 Å². The van der Waals surface area contributed by atoms with E-state index in [0.29, 0.717) is 16.4 Å². The Kier molecular flexibility index (Phi) is 5.87. The summed E-state index contributed by atoms with van der Waals surface area (Å²) >= 11 is 1.26. The fourth-order valence-electron chi connectivity index (χ4n) is 2.55. The van der Waals surface area contributed by atoms with E-state index >= 15 is 0 Å². The molecule has 0 aliphatic heterocycles. The van der Waals surface area contributed by atoms with E-state index in [1.807, 2.05) is 32.0 Å². The molecule has 0 aliphatic carbocycles. The second-order valence-corrected chi connectivity index (χ2v) is 7.00. The van der Waals surface area contributed by atoms with Gasteiger partial charge in [-0.05, 0) is 61.4 Å². The number of anilines is 2. The van der Waals surface area contributed by atoms with Crippen LogP contribution in [-0.4, -0.2) is 32.7 Å². The lowest BCUT2D eigenvalue weighted by atomic mass is 10.1. The van der Waals surface area contributed by atoms with Crippen LogP contribution in [0, 0.1) is 13.8 Å². The van der Waals surface area contributed by atoms with E-state index in [-0.39, 0.29) is 17.6 Å². The molecule has 138 valence electrons. The molecule has 0 saturated heterocycles. The van der Waals surface area contributed by atoms with Crippen LogP contribution in [0.5, 0.6) is 0 Å². The van der Waals surface area contributed by atoms with E-state index in [9.17, 15) is 9.59 Å². The van der Waals surface area contributed by atoms with Crippen molar-refractivity contribution in [2.24, 2.45) is 0 Å². The fraction of sp³-hybridized carbons (Fsp3) is 0.158. The van der Waals surface area contributed by atoms with Gasteiger partial charge in [-0.1, -0.05) is 17.8 Å². The second-order valence-electron chi connectivity index (χ2n) is 6.04. The number of hydrogen-bond donors (Lipinski definition) is 3. The molecule has 7 nitrogen and oxygen atoms in total. The molecule has 1 aromatic heterocycles. The molecule has 2 amide bonds. The number of nitrogens with one attached hydrogen (secondary N) is 3. The summed E-state index contributed by atoms with van der Waals surface area (Å²) in [5, 5.41) is 12.7. The number of thioether (sulfide) groups is 1. The molecule has 0 fully saturated rings. The van der Waals surface area contributed by atoms with Gasteiger partial charge in [0.25, 0.3) is 5.91 Å². The molecule has 0 bridgehead atoms. The largest absolute Gasteiger partial charge is 0.325 e. The molecule has 27 heavy (non-hydrogen) atoms. The second kappa shape index (κ2) is 8.50. The molecule has 2 aromatic carbocycles. The zero-order valence-electron chi connectivity index (χ0n) is 14.9. The lowest BCUT2D eigenvalue weighted by Crippen LogP contribution is -2.15. The van der Waals surface area contributed by atoms with E-state index < -0.39 is 0 Å². The first-order valence-corrected chi connectivity index (χ1v) is 9.26.